The summed E-state index contributed by atoms with van der Waals surface area (Å²) in [5, 5.41) is 11.6. The number of fused-ring (bicyclic) bond motifs is 1. The number of aryl methyl sites for hydroxylation is 1. The van der Waals surface area contributed by atoms with E-state index < -0.39 is 11.7 Å². The molecule has 0 spiro atoms. The molecule has 4 rings (SSSR count). The van der Waals surface area contributed by atoms with E-state index in [0.29, 0.717) is 22.4 Å². The van der Waals surface area contributed by atoms with E-state index in [1.807, 2.05) is 31.2 Å². The first-order chi connectivity index (χ1) is 13.4. The van der Waals surface area contributed by atoms with Crippen molar-refractivity contribution in [2.75, 3.05) is 5.32 Å². The van der Waals surface area contributed by atoms with Gasteiger partial charge in [-0.3, -0.25) is 4.98 Å². The van der Waals surface area contributed by atoms with Gasteiger partial charge in [0.1, 0.15) is 5.82 Å². The van der Waals surface area contributed by atoms with E-state index >= 15 is 0 Å². The lowest BCUT2D eigenvalue weighted by atomic mass is 10.1. The van der Waals surface area contributed by atoms with Crippen LogP contribution in [-0.4, -0.2) is 25.1 Å². The first kappa shape index (κ1) is 17.8. The number of anilines is 2. The maximum absolute atomic E-state index is 12.7. The highest BCUT2D eigenvalue weighted by atomic mass is 19.4. The normalized spacial score (nSPS) is 11.6. The van der Waals surface area contributed by atoms with Gasteiger partial charge in [0.15, 0.2) is 5.65 Å². The largest absolute Gasteiger partial charge is 0.417 e. The molecule has 4 aromatic rings. The van der Waals surface area contributed by atoms with Crippen LogP contribution in [0.1, 0.15) is 11.1 Å². The zero-order chi connectivity index (χ0) is 19.7. The molecule has 0 unspecified atom stereocenters. The second-order valence-corrected chi connectivity index (χ2v) is 6.05. The Morgan fingerprint density at radius 1 is 0.964 bits per heavy atom. The van der Waals surface area contributed by atoms with Crippen molar-refractivity contribution >= 4 is 22.5 Å². The SMILES string of the molecule is Cc1cccnc1-c1ccc2c(Nc3ccc(C(F)(F)F)cn3)cnnc2n1. The average molecular weight is 382 g/mol. The summed E-state index contributed by atoms with van der Waals surface area (Å²) in [7, 11) is 0. The van der Waals surface area contributed by atoms with Gasteiger partial charge >= 0.3 is 6.18 Å². The number of halogens is 3. The molecule has 1 N–H and O–H groups in total. The summed E-state index contributed by atoms with van der Waals surface area (Å²) < 4.78 is 38.0. The van der Waals surface area contributed by atoms with Crippen molar-refractivity contribution in [1.29, 1.82) is 0 Å². The quantitative estimate of drug-likeness (QED) is 0.560. The lowest BCUT2D eigenvalue weighted by Crippen LogP contribution is -2.06. The summed E-state index contributed by atoms with van der Waals surface area (Å²) in [6.45, 7) is 1.94. The highest BCUT2D eigenvalue weighted by Gasteiger charge is 2.30. The van der Waals surface area contributed by atoms with Crippen molar-refractivity contribution in [1.82, 2.24) is 25.1 Å². The number of rotatable bonds is 3. The molecular formula is C19H13F3N6. The fraction of sp³-hybridized carbons (Fsp3) is 0.105. The third kappa shape index (κ3) is 3.46. The van der Waals surface area contributed by atoms with Gasteiger partial charge in [0, 0.05) is 17.8 Å². The summed E-state index contributed by atoms with van der Waals surface area (Å²) in [6.07, 6.45) is -0.497. The number of hydrogen-bond acceptors (Lipinski definition) is 6. The Kier molecular flexibility index (Phi) is 4.34. The molecule has 0 fully saturated rings. The second kappa shape index (κ2) is 6.84. The van der Waals surface area contributed by atoms with E-state index in [4.69, 9.17) is 0 Å². The molecule has 4 aromatic heterocycles. The lowest BCUT2D eigenvalue weighted by molar-refractivity contribution is -0.137. The molecule has 4 heterocycles. The molecule has 0 amide bonds. The predicted molar refractivity (Wildman–Crippen MR) is 97.8 cm³/mol. The minimum Gasteiger partial charge on any atom is -0.338 e. The fourth-order valence-electron chi connectivity index (χ4n) is 2.70. The van der Waals surface area contributed by atoms with Crippen LogP contribution >= 0.6 is 0 Å². The third-order valence-corrected chi connectivity index (χ3v) is 4.11. The second-order valence-electron chi connectivity index (χ2n) is 6.05. The van der Waals surface area contributed by atoms with Gasteiger partial charge < -0.3 is 5.32 Å². The molecule has 0 radical (unpaired) electrons. The van der Waals surface area contributed by atoms with Crippen molar-refractivity contribution in [2.24, 2.45) is 0 Å². The first-order valence-corrected chi connectivity index (χ1v) is 8.26. The van der Waals surface area contributed by atoms with Crippen LogP contribution in [0.2, 0.25) is 0 Å². The summed E-state index contributed by atoms with van der Waals surface area (Å²) in [5.74, 6) is 0.256. The molecule has 0 saturated heterocycles. The van der Waals surface area contributed by atoms with Crippen LogP contribution in [-0.2, 0) is 6.18 Å². The van der Waals surface area contributed by atoms with Gasteiger partial charge in [-0.25, -0.2) is 9.97 Å². The molecule has 0 atom stereocenters. The van der Waals surface area contributed by atoms with Crippen LogP contribution in [0.25, 0.3) is 22.4 Å². The van der Waals surface area contributed by atoms with E-state index in [9.17, 15) is 13.2 Å². The number of nitrogens with zero attached hydrogens (tertiary/aromatic N) is 5. The summed E-state index contributed by atoms with van der Waals surface area (Å²) >= 11 is 0. The molecule has 9 heteroatoms. The molecule has 140 valence electrons. The zero-order valence-electron chi connectivity index (χ0n) is 14.6. The van der Waals surface area contributed by atoms with Gasteiger partial charge in [0.25, 0.3) is 0 Å². The number of pyridine rings is 3. The highest BCUT2D eigenvalue weighted by molar-refractivity contribution is 5.90. The van der Waals surface area contributed by atoms with Gasteiger partial charge in [-0.05, 0) is 42.8 Å². The molecule has 28 heavy (non-hydrogen) atoms. The standard InChI is InChI=1S/C19H13F3N6/c1-11-3-2-8-23-17(11)14-6-5-13-15(10-25-28-18(13)27-14)26-16-7-4-12(9-24-16)19(20,21)22/h2-10H,1H3,(H,24,26,27,28). The van der Waals surface area contributed by atoms with E-state index in [1.165, 1.54) is 12.3 Å². The summed E-state index contributed by atoms with van der Waals surface area (Å²) in [5.41, 5.74) is 2.49. The number of nitrogens with one attached hydrogen (secondary N) is 1. The van der Waals surface area contributed by atoms with Gasteiger partial charge in [0.2, 0.25) is 0 Å². The molecule has 0 aromatic carbocycles. The zero-order valence-corrected chi connectivity index (χ0v) is 14.6. The van der Waals surface area contributed by atoms with Crippen molar-refractivity contribution in [3.8, 4) is 11.4 Å². The van der Waals surface area contributed by atoms with Crippen molar-refractivity contribution in [3.05, 3.63) is 66.1 Å². The topological polar surface area (TPSA) is 76.5 Å². The van der Waals surface area contributed by atoms with Gasteiger partial charge in [0.05, 0.1) is 28.8 Å². The van der Waals surface area contributed by atoms with Gasteiger partial charge in [-0.2, -0.15) is 18.3 Å². The van der Waals surface area contributed by atoms with Gasteiger partial charge in [-0.15, -0.1) is 5.10 Å². The molecular weight excluding hydrogens is 369 g/mol. The third-order valence-electron chi connectivity index (χ3n) is 4.11. The van der Waals surface area contributed by atoms with E-state index in [1.54, 1.807) is 6.20 Å². The van der Waals surface area contributed by atoms with Crippen LogP contribution in [0.4, 0.5) is 24.7 Å². The minimum absolute atomic E-state index is 0.256. The molecule has 0 aliphatic carbocycles. The molecule has 0 saturated carbocycles. The molecule has 0 bridgehead atoms. The van der Waals surface area contributed by atoms with Gasteiger partial charge in [-0.1, -0.05) is 6.07 Å². The number of aromatic nitrogens is 5. The Morgan fingerprint density at radius 3 is 2.54 bits per heavy atom. The molecule has 0 aliphatic heterocycles. The predicted octanol–water partition coefficient (Wildman–Crippen LogP) is 4.55. The Hall–Kier alpha value is -3.62. The lowest BCUT2D eigenvalue weighted by Gasteiger charge is -2.10. The first-order valence-electron chi connectivity index (χ1n) is 8.26. The van der Waals surface area contributed by atoms with Crippen molar-refractivity contribution < 1.29 is 13.2 Å². The van der Waals surface area contributed by atoms with Crippen LogP contribution in [0.5, 0.6) is 0 Å². The van der Waals surface area contributed by atoms with E-state index in [0.717, 1.165) is 23.5 Å². The van der Waals surface area contributed by atoms with E-state index in [2.05, 4.69) is 30.5 Å². The van der Waals surface area contributed by atoms with E-state index in [-0.39, 0.29) is 5.82 Å². The molecule has 6 nitrogen and oxygen atoms in total. The minimum atomic E-state index is -4.43. The van der Waals surface area contributed by atoms with Crippen molar-refractivity contribution in [2.45, 2.75) is 13.1 Å². The van der Waals surface area contributed by atoms with Crippen LogP contribution in [0.3, 0.4) is 0 Å². The Labute approximate surface area is 157 Å². The smallest absolute Gasteiger partial charge is 0.338 e. The maximum Gasteiger partial charge on any atom is 0.417 e. The number of alkyl halides is 3. The monoisotopic (exact) mass is 382 g/mol. The average Bonchev–Trinajstić information content (AvgIpc) is 2.68. The Balaban J connectivity index is 1.68. The van der Waals surface area contributed by atoms with Crippen LogP contribution in [0.15, 0.2) is 55.0 Å². The maximum atomic E-state index is 12.7. The summed E-state index contributed by atoms with van der Waals surface area (Å²) in [6, 6.07) is 9.63. The summed E-state index contributed by atoms with van der Waals surface area (Å²) in [4.78, 5) is 12.7. The highest BCUT2D eigenvalue weighted by Crippen LogP contribution is 2.30. The Bertz CT molecular complexity index is 1140. The fourth-order valence-corrected chi connectivity index (χ4v) is 2.70. The van der Waals surface area contributed by atoms with Crippen LogP contribution in [0, 0.1) is 6.92 Å². The number of hydrogen-bond donors (Lipinski definition) is 1. The molecule has 0 aliphatic rings. The van der Waals surface area contributed by atoms with Crippen LogP contribution < -0.4 is 5.32 Å². The van der Waals surface area contributed by atoms with Crippen molar-refractivity contribution in [3.63, 3.8) is 0 Å². The Morgan fingerprint density at radius 2 is 1.82 bits per heavy atom.